The molecule has 1 unspecified atom stereocenters. The van der Waals surface area contributed by atoms with Crippen LogP contribution in [0.4, 0.5) is 10.1 Å². The van der Waals surface area contributed by atoms with Gasteiger partial charge in [-0.05, 0) is 55.6 Å². The number of pyridine rings is 1. The van der Waals surface area contributed by atoms with Gasteiger partial charge in [0, 0.05) is 53.7 Å². The molecule has 216 valence electrons. The predicted octanol–water partition coefficient (Wildman–Crippen LogP) is 7.62. The topological polar surface area (TPSA) is 92.3 Å². The fourth-order valence-electron chi connectivity index (χ4n) is 5.05. The first-order valence-corrected chi connectivity index (χ1v) is 18.7. The zero-order valence-corrected chi connectivity index (χ0v) is 26.2. The van der Waals surface area contributed by atoms with E-state index in [0.717, 1.165) is 58.4 Å². The molecule has 0 aliphatic heterocycles. The number of fused-ring (bicyclic) bond motifs is 1. The molecule has 0 radical (unpaired) electrons. The van der Waals surface area contributed by atoms with Crippen molar-refractivity contribution in [3.8, 4) is 22.4 Å². The van der Waals surface area contributed by atoms with Crippen molar-refractivity contribution in [3.05, 3.63) is 74.8 Å². The number of nitrogens with two attached hydrogens (primary N) is 1. The minimum Gasteiger partial charge on any atom is -0.462 e. The largest absolute Gasteiger partial charge is 0.462 e. The molecule has 5 rings (SSSR count). The molecule has 0 bridgehead atoms. The van der Waals surface area contributed by atoms with Crippen molar-refractivity contribution >= 4 is 42.7 Å². The van der Waals surface area contributed by atoms with Crippen LogP contribution < -0.4 is 5.73 Å². The Morgan fingerprint density at radius 3 is 2.78 bits per heavy atom. The zero-order valence-electron chi connectivity index (χ0n) is 23.7. The number of aromatic nitrogens is 3. The Bertz CT molecular complexity index is 1580. The fourth-order valence-corrected chi connectivity index (χ4v) is 6.81. The highest BCUT2D eigenvalue weighted by molar-refractivity contribution is 7.12. The molecule has 3 heterocycles. The number of benzene rings is 1. The van der Waals surface area contributed by atoms with E-state index in [9.17, 15) is 4.79 Å². The number of hydrogen-bond acceptors (Lipinski definition) is 7. The summed E-state index contributed by atoms with van der Waals surface area (Å²) in [6.45, 7) is 9.61. The van der Waals surface area contributed by atoms with Crippen LogP contribution in [0.2, 0.25) is 30.7 Å². The van der Waals surface area contributed by atoms with E-state index in [1.807, 2.05) is 16.8 Å². The molecular formula is C30H34ClFN4O3SSi. The number of halogens is 2. The molecule has 1 aliphatic carbocycles. The molecular weight excluding hydrogens is 579 g/mol. The minimum atomic E-state index is -1.30. The van der Waals surface area contributed by atoms with E-state index in [-0.39, 0.29) is 24.1 Å². The number of nitrogens with zero attached hydrogens (tertiary/aromatic N) is 3. The highest BCUT2D eigenvalue weighted by Gasteiger charge is 2.32. The van der Waals surface area contributed by atoms with Crippen molar-refractivity contribution in [1.82, 2.24) is 14.5 Å². The van der Waals surface area contributed by atoms with Gasteiger partial charge < -0.3 is 19.8 Å². The van der Waals surface area contributed by atoms with Gasteiger partial charge in [0.15, 0.2) is 5.82 Å². The standard InChI is InChI=1S/C30H34ClFN4O3SSi/c1-5-39-30(37)28-26(32)23(16-40-28)25-15-35-29(36(25)17-38-10-11-41(2,3)4)21-8-6-18-12-19(14-34-27(18)21)22-13-20(31)7-9-24(22)33/h7,9,12-16,21H,5-6,8,10-11,17,33H2,1-4H3. The van der Waals surface area contributed by atoms with Gasteiger partial charge in [0.25, 0.3) is 0 Å². The number of carbonyl (C=O) groups is 1. The summed E-state index contributed by atoms with van der Waals surface area (Å²) in [7, 11) is -1.30. The van der Waals surface area contributed by atoms with Gasteiger partial charge in [0.1, 0.15) is 17.4 Å². The van der Waals surface area contributed by atoms with Gasteiger partial charge in [0.2, 0.25) is 0 Å². The molecule has 41 heavy (non-hydrogen) atoms. The summed E-state index contributed by atoms with van der Waals surface area (Å²) in [5, 5.41) is 2.26. The Kier molecular flexibility index (Phi) is 8.65. The predicted molar refractivity (Wildman–Crippen MR) is 165 cm³/mol. The van der Waals surface area contributed by atoms with Gasteiger partial charge >= 0.3 is 5.97 Å². The molecule has 11 heteroatoms. The van der Waals surface area contributed by atoms with E-state index in [1.54, 1.807) is 30.6 Å². The monoisotopic (exact) mass is 612 g/mol. The van der Waals surface area contributed by atoms with Crippen LogP contribution in [0.5, 0.6) is 0 Å². The summed E-state index contributed by atoms with van der Waals surface area (Å²) in [6, 6.07) is 8.55. The Hall–Kier alpha value is -3.05. The molecule has 2 N–H and O–H groups in total. The van der Waals surface area contributed by atoms with E-state index in [2.05, 4.69) is 25.7 Å². The molecule has 3 aromatic heterocycles. The van der Waals surface area contributed by atoms with E-state index in [1.165, 1.54) is 0 Å². The Balaban J connectivity index is 1.50. The lowest BCUT2D eigenvalue weighted by Crippen LogP contribution is -2.22. The number of hydrogen-bond donors (Lipinski definition) is 1. The highest BCUT2D eigenvalue weighted by atomic mass is 35.5. The molecule has 7 nitrogen and oxygen atoms in total. The van der Waals surface area contributed by atoms with Crippen LogP contribution in [0.1, 0.15) is 46.0 Å². The van der Waals surface area contributed by atoms with Crippen LogP contribution in [0.3, 0.4) is 0 Å². The number of esters is 1. The summed E-state index contributed by atoms with van der Waals surface area (Å²) in [5.41, 5.74) is 11.6. The maximum atomic E-state index is 15.5. The molecule has 0 fully saturated rings. The normalized spacial score (nSPS) is 14.8. The number of carbonyl (C=O) groups excluding carboxylic acids is 1. The van der Waals surface area contributed by atoms with E-state index < -0.39 is 19.9 Å². The van der Waals surface area contributed by atoms with Gasteiger partial charge in [-0.3, -0.25) is 4.98 Å². The molecule has 1 aromatic carbocycles. The van der Waals surface area contributed by atoms with Crippen LogP contribution >= 0.6 is 22.9 Å². The molecule has 1 aliphatic rings. The third-order valence-electron chi connectivity index (χ3n) is 7.24. The van der Waals surface area contributed by atoms with E-state index in [0.29, 0.717) is 28.6 Å². The number of aryl methyl sites for hydroxylation is 1. The van der Waals surface area contributed by atoms with Gasteiger partial charge in [-0.2, -0.15) is 0 Å². The third kappa shape index (κ3) is 6.25. The molecule has 4 aromatic rings. The summed E-state index contributed by atoms with van der Waals surface area (Å²) in [6.07, 6.45) is 5.11. The molecule has 0 amide bonds. The van der Waals surface area contributed by atoms with Gasteiger partial charge in [-0.15, -0.1) is 11.3 Å². The second-order valence-corrected chi connectivity index (χ2v) is 18.3. The maximum absolute atomic E-state index is 15.5. The lowest BCUT2D eigenvalue weighted by Gasteiger charge is -2.19. The minimum absolute atomic E-state index is 0.0449. The molecule has 1 atom stereocenters. The zero-order chi connectivity index (χ0) is 29.3. The molecule has 0 saturated heterocycles. The first kappa shape index (κ1) is 29.4. The quantitative estimate of drug-likeness (QED) is 0.0857. The number of ether oxygens (including phenoxy) is 2. The summed E-state index contributed by atoms with van der Waals surface area (Å²) in [4.78, 5) is 21.9. The fraction of sp³-hybridized carbons (Fsp3) is 0.367. The highest BCUT2D eigenvalue weighted by Crippen LogP contribution is 2.41. The lowest BCUT2D eigenvalue weighted by molar-refractivity contribution is 0.0527. The van der Waals surface area contributed by atoms with Crippen molar-refractivity contribution in [2.75, 3.05) is 18.9 Å². The maximum Gasteiger partial charge on any atom is 0.351 e. The third-order valence-corrected chi connectivity index (χ3v) is 10.1. The van der Waals surface area contributed by atoms with Crippen molar-refractivity contribution < 1.29 is 18.7 Å². The van der Waals surface area contributed by atoms with Crippen molar-refractivity contribution in [1.29, 1.82) is 0 Å². The second-order valence-electron chi connectivity index (χ2n) is 11.4. The van der Waals surface area contributed by atoms with Crippen LogP contribution in [-0.2, 0) is 22.6 Å². The summed E-state index contributed by atoms with van der Waals surface area (Å²) >= 11 is 7.27. The SMILES string of the molecule is CCOC(=O)c1scc(-c2cnc(C3CCc4cc(-c5cc(Cl)ccc5N)cnc43)n2COCC[Si](C)(C)C)c1F. The summed E-state index contributed by atoms with van der Waals surface area (Å²) < 4.78 is 28.6. The van der Waals surface area contributed by atoms with Crippen molar-refractivity contribution in [2.24, 2.45) is 0 Å². The van der Waals surface area contributed by atoms with E-state index in [4.69, 9.17) is 36.8 Å². The smallest absolute Gasteiger partial charge is 0.351 e. The first-order valence-electron chi connectivity index (χ1n) is 13.7. The number of thiophene rings is 1. The number of rotatable bonds is 10. The van der Waals surface area contributed by atoms with Crippen molar-refractivity contribution in [2.45, 2.75) is 58.1 Å². The second kappa shape index (κ2) is 12.0. The van der Waals surface area contributed by atoms with Crippen LogP contribution in [0.15, 0.2) is 42.0 Å². The Labute approximate surface area is 249 Å². The van der Waals surface area contributed by atoms with Gasteiger partial charge in [0.05, 0.1) is 30.1 Å². The molecule has 0 saturated carbocycles. The molecule has 0 spiro atoms. The average molecular weight is 613 g/mol. The Morgan fingerprint density at radius 2 is 2.02 bits per heavy atom. The van der Waals surface area contributed by atoms with Crippen LogP contribution in [0, 0.1) is 5.82 Å². The lowest BCUT2D eigenvalue weighted by atomic mass is 10.0. The average Bonchev–Trinajstić information content (AvgIpc) is 3.63. The first-order chi connectivity index (χ1) is 19.6. The number of imidazole rings is 1. The van der Waals surface area contributed by atoms with Crippen LogP contribution in [0.25, 0.3) is 22.4 Å². The summed E-state index contributed by atoms with van der Waals surface area (Å²) in [5.74, 6) is -0.588. The Morgan fingerprint density at radius 1 is 1.22 bits per heavy atom. The van der Waals surface area contributed by atoms with E-state index >= 15 is 4.39 Å². The number of nitrogen functional groups attached to an aromatic ring is 1. The van der Waals surface area contributed by atoms with Crippen LogP contribution in [-0.4, -0.2) is 41.8 Å². The van der Waals surface area contributed by atoms with Gasteiger partial charge in [-0.25, -0.2) is 14.2 Å². The number of anilines is 1. The van der Waals surface area contributed by atoms with Gasteiger partial charge in [-0.1, -0.05) is 31.2 Å². The van der Waals surface area contributed by atoms with Crippen molar-refractivity contribution in [3.63, 3.8) is 0 Å².